The first-order valence-corrected chi connectivity index (χ1v) is 7.50. The standard InChI is InChI=1S/C14H9ClF3NO4S/c15-10-9(14(16,17)18)8(12(20)21)11(24-10)19-13(22)23-6-7-4-2-1-3-5-7/h1-5H,6H2,(H,19,22)(H,20,21). The third-order valence-corrected chi connectivity index (χ3v) is 4.11. The van der Waals surface area contributed by atoms with E-state index in [4.69, 9.17) is 21.4 Å². The molecule has 0 unspecified atom stereocenters. The van der Waals surface area contributed by atoms with Gasteiger partial charge in [-0.05, 0) is 5.56 Å². The van der Waals surface area contributed by atoms with Crippen molar-refractivity contribution in [3.8, 4) is 0 Å². The lowest BCUT2D eigenvalue weighted by Gasteiger charge is -2.08. The lowest BCUT2D eigenvalue weighted by atomic mass is 10.2. The van der Waals surface area contributed by atoms with Crippen LogP contribution in [0.25, 0.3) is 0 Å². The Kier molecular flexibility index (Phi) is 5.35. The Balaban J connectivity index is 2.17. The summed E-state index contributed by atoms with van der Waals surface area (Å²) in [6.07, 6.45) is -6.05. The van der Waals surface area contributed by atoms with E-state index in [1.54, 1.807) is 30.3 Å². The Morgan fingerprint density at radius 3 is 2.42 bits per heavy atom. The van der Waals surface area contributed by atoms with E-state index in [0.29, 0.717) is 16.9 Å². The largest absolute Gasteiger partial charge is 0.478 e. The van der Waals surface area contributed by atoms with Crippen LogP contribution in [-0.4, -0.2) is 17.2 Å². The van der Waals surface area contributed by atoms with Gasteiger partial charge in [-0.1, -0.05) is 41.9 Å². The van der Waals surface area contributed by atoms with Crippen LogP contribution in [0.3, 0.4) is 0 Å². The number of anilines is 1. The van der Waals surface area contributed by atoms with E-state index < -0.39 is 38.7 Å². The second-order valence-electron chi connectivity index (χ2n) is 4.44. The molecule has 0 aliphatic heterocycles. The number of halogens is 4. The van der Waals surface area contributed by atoms with E-state index >= 15 is 0 Å². The molecule has 1 amide bonds. The molecular formula is C14H9ClF3NO4S. The Labute approximate surface area is 142 Å². The van der Waals surface area contributed by atoms with Crippen molar-refractivity contribution in [2.45, 2.75) is 12.8 Å². The number of ether oxygens (including phenoxy) is 1. The van der Waals surface area contributed by atoms with E-state index in [1.165, 1.54) is 0 Å². The summed E-state index contributed by atoms with van der Waals surface area (Å²) < 4.78 is 42.8. The molecule has 5 nitrogen and oxygen atoms in total. The molecule has 0 fully saturated rings. The van der Waals surface area contributed by atoms with Gasteiger partial charge in [0.05, 0.1) is 0 Å². The number of carbonyl (C=O) groups excluding carboxylic acids is 1. The molecule has 24 heavy (non-hydrogen) atoms. The highest BCUT2D eigenvalue weighted by atomic mass is 35.5. The Hall–Kier alpha value is -2.26. The molecule has 10 heteroatoms. The van der Waals surface area contributed by atoms with Crippen LogP contribution in [0, 0.1) is 0 Å². The number of nitrogens with one attached hydrogen (secondary N) is 1. The van der Waals surface area contributed by atoms with Crippen LogP contribution >= 0.6 is 22.9 Å². The first-order chi connectivity index (χ1) is 11.2. The van der Waals surface area contributed by atoms with E-state index in [0.717, 1.165) is 0 Å². The molecule has 0 aliphatic carbocycles. The minimum atomic E-state index is -4.96. The van der Waals surface area contributed by atoms with Crippen molar-refractivity contribution >= 4 is 40.0 Å². The quantitative estimate of drug-likeness (QED) is 0.794. The SMILES string of the molecule is O=C(Nc1sc(Cl)c(C(F)(F)F)c1C(=O)O)OCc1ccccc1. The minimum Gasteiger partial charge on any atom is -0.478 e. The van der Waals surface area contributed by atoms with Crippen molar-refractivity contribution < 1.29 is 32.6 Å². The summed E-state index contributed by atoms with van der Waals surface area (Å²) in [7, 11) is 0. The van der Waals surface area contributed by atoms with Crippen molar-refractivity contribution in [3.05, 3.63) is 51.4 Å². The number of carboxylic acids is 1. The van der Waals surface area contributed by atoms with Crippen molar-refractivity contribution in [3.63, 3.8) is 0 Å². The van der Waals surface area contributed by atoms with E-state index in [2.05, 4.69) is 0 Å². The van der Waals surface area contributed by atoms with Crippen LogP contribution in [0.15, 0.2) is 30.3 Å². The number of carbonyl (C=O) groups is 2. The summed E-state index contributed by atoms with van der Waals surface area (Å²) >= 11 is 5.78. The molecule has 0 radical (unpaired) electrons. The zero-order valence-electron chi connectivity index (χ0n) is 11.7. The summed E-state index contributed by atoms with van der Waals surface area (Å²) in [4.78, 5) is 22.8. The monoisotopic (exact) mass is 379 g/mol. The number of rotatable bonds is 4. The highest BCUT2D eigenvalue weighted by Gasteiger charge is 2.41. The molecule has 0 aliphatic rings. The number of alkyl halides is 3. The molecule has 0 atom stereocenters. The predicted octanol–water partition coefficient (Wildman–Crippen LogP) is 4.87. The number of benzene rings is 1. The van der Waals surface area contributed by atoms with Crippen molar-refractivity contribution in [1.29, 1.82) is 0 Å². The van der Waals surface area contributed by atoms with Crippen molar-refractivity contribution in [2.24, 2.45) is 0 Å². The second-order valence-corrected chi connectivity index (χ2v) is 6.07. The maximum Gasteiger partial charge on any atom is 0.419 e. The fourth-order valence-corrected chi connectivity index (χ4v) is 3.16. The van der Waals surface area contributed by atoms with Crippen LogP contribution in [0.2, 0.25) is 4.34 Å². The van der Waals surface area contributed by atoms with Gasteiger partial charge in [0, 0.05) is 0 Å². The smallest absolute Gasteiger partial charge is 0.419 e. The second kappa shape index (κ2) is 7.10. The molecule has 0 spiro atoms. The van der Waals surface area contributed by atoms with E-state index in [-0.39, 0.29) is 6.61 Å². The van der Waals surface area contributed by atoms with Crippen LogP contribution in [0.4, 0.5) is 23.0 Å². The van der Waals surface area contributed by atoms with Gasteiger partial charge in [0.2, 0.25) is 0 Å². The predicted molar refractivity (Wildman–Crippen MR) is 81.5 cm³/mol. The zero-order chi connectivity index (χ0) is 17.9. The Morgan fingerprint density at radius 1 is 1.25 bits per heavy atom. The van der Waals surface area contributed by atoms with Gasteiger partial charge in [-0.2, -0.15) is 13.2 Å². The lowest BCUT2D eigenvalue weighted by Crippen LogP contribution is -2.17. The third kappa shape index (κ3) is 4.18. The summed E-state index contributed by atoms with van der Waals surface area (Å²) in [6, 6.07) is 8.55. The van der Waals surface area contributed by atoms with Crippen molar-refractivity contribution in [1.82, 2.24) is 0 Å². The number of amides is 1. The number of carboxylic acid groups (broad SMARTS) is 1. The highest BCUT2D eigenvalue weighted by Crippen LogP contribution is 2.46. The molecule has 1 aromatic carbocycles. The van der Waals surface area contributed by atoms with Gasteiger partial charge in [-0.15, -0.1) is 11.3 Å². The summed E-state index contributed by atoms with van der Waals surface area (Å²) in [6.45, 7) is -0.125. The molecule has 128 valence electrons. The molecule has 2 aromatic rings. The van der Waals surface area contributed by atoms with E-state index in [1.807, 2.05) is 5.32 Å². The Bertz CT molecular complexity index is 761. The number of hydrogen-bond acceptors (Lipinski definition) is 4. The fourth-order valence-electron chi connectivity index (χ4n) is 1.80. The highest BCUT2D eigenvalue weighted by molar-refractivity contribution is 7.20. The van der Waals surface area contributed by atoms with Crippen LogP contribution in [0.1, 0.15) is 21.5 Å². The summed E-state index contributed by atoms with van der Waals surface area (Å²) in [5.41, 5.74) is -1.96. The Morgan fingerprint density at radius 2 is 1.88 bits per heavy atom. The van der Waals surface area contributed by atoms with Crippen molar-refractivity contribution in [2.75, 3.05) is 5.32 Å². The number of thiophene rings is 1. The van der Waals surface area contributed by atoms with Gasteiger partial charge in [0.1, 0.15) is 27.1 Å². The van der Waals surface area contributed by atoms with Crippen LogP contribution in [-0.2, 0) is 17.5 Å². The number of aromatic carboxylic acids is 1. The van der Waals surface area contributed by atoms with E-state index in [9.17, 15) is 22.8 Å². The normalized spacial score (nSPS) is 11.2. The molecular weight excluding hydrogens is 371 g/mol. The average molecular weight is 380 g/mol. The van der Waals surface area contributed by atoms with Crippen LogP contribution in [0.5, 0.6) is 0 Å². The average Bonchev–Trinajstić information content (AvgIpc) is 2.82. The van der Waals surface area contributed by atoms with Gasteiger partial charge >= 0.3 is 18.2 Å². The summed E-state index contributed by atoms with van der Waals surface area (Å²) in [5.74, 6) is -1.86. The molecule has 0 saturated heterocycles. The summed E-state index contributed by atoms with van der Waals surface area (Å²) in [5, 5.41) is 10.4. The molecule has 0 saturated carbocycles. The molecule has 1 aromatic heterocycles. The maximum absolute atomic E-state index is 12.9. The van der Waals surface area contributed by atoms with Gasteiger partial charge in [-0.3, -0.25) is 5.32 Å². The van der Waals surface area contributed by atoms with Crippen LogP contribution < -0.4 is 5.32 Å². The third-order valence-electron chi connectivity index (χ3n) is 2.79. The fraction of sp³-hybridized carbons (Fsp3) is 0.143. The van der Waals surface area contributed by atoms with Gasteiger partial charge < -0.3 is 9.84 Å². The molecule has 1 heterocycles. The molecule has 2 rings (SSSR count). The maximum atomic E-state index is 12.9. The lowest BCUT2D eigenvalue weighted by molar-refractivity contribution is -0.137. The first-order valence-electron chi connectivity index (χ1n) is 6.30. The topological polar surface area (TPSA) is 75.6 Å². The van der Waals surface area contributed by atoms with Gasteiger partial charge in [-0.25, -0.2) is 9.59 Å². The minimum absolute atomic E-state index is 0.125. The first kappa shape index (κ1) is 18.1. The number of hydrogen-bond donors (Lipinski definition) is 2. The van der Waals surface area contributed by atoms with Gasteiger partial charge in [0.25, 0.3) is 0 Å². The van der Waals surface area contributed by atoms with Gasteiger partial charge in [0.15, 0.2) is 0 Å². The zero-order valence-corrected chi connectivity index (χ0v) is 13.3. The molecule has 2 N–H and O–H groups in total. The molecule has 0 bridgehead atoms.